The first-order valence-electron chi connectivity index (χ1n) is 13.8. The van der Waals surface area contributed by atoms with Crippen molar-refractivity contribution in [3.8, 4) is 0 Å². The van der Waals surface area contributed by atoms with Crippen LogP contribution in [0.1, 0.15) is 22.1 Å². The highest BCUT2D eigenvalue weighted by molar-refractivity contribution is 8.01. The van der Waals surface area contributed by atoms with Gasteiger partial charge in [-0.1, -0.05) is 78.5 Å². The number of carbonyl (C=O) groups is 3. The first kappa shape index (κ1) is 30.1. The number of esters is 1. The van der Waals surface area contributed by atoms with Gasteiger partial charge in [-0.25, -0.2) is 9.78 Å². The van der Waals surface area contributed by atoms with Gasteiger partial charge in [0.05, 0.1) is 12.6 Å². The number of hydrogen-bond acceptors (Lipinski definition) is 10. The fourth-order valence-electron chi connectivity index (χ4n) is 5.26. The third kappa shape index (κ3) is 5.90. The molecule has 1 unspecified atom stereocenters. The van der Waals surface area contributed by atoms with E-state index in [1.54, 1.807) is 24.7 Å². The van der Waals surface area contributed by atoms with Crippen molar-refractivity contribution in [2.75, 3.05) is 12.9 Å². The van der Waals surface area contributed by atoms with Crippen LogP contribution in [0.4, 0.5) is 0 Å². The van der Waals surface area contributed by atoms with Crippen LogP contribution < -0.4 is 5.32 Å². The Balaban J connectivity index is 1.29. The van der Waals surface area contributed by atoms with E-state index in [9.17, 15) is 14.4 Å². The molecule has 2 aliphatic rings. The van der Waals surface area contributed by atoms with Gasteiger partial charge in [-0.05, 0) is 28.6 Å². The zero-order valence-electron chi connectivity index (χ0n) is 23.6. The van der Waals surface area contributed by atoms with E-state index in [1.807, 2.05) is 78.2 Å². The van der Waals surface area contributed by atoms with Gasteiger partial charge in [-0.2, -0.15) is 0 Å². The molecule has 3 atom stereocenters. The molecule has 0 aliphatic carbocycles. The average molecular weight is 645 g/mol. The highest BCUT2D eigenvalue weighted by Crippen LogP contribution is 2.50. The first-order valence-corrected chi connectivity index (χ1v) is 16.6. The summed E-state index contributed by atoms with van der Waals surface area (Å²) in [5.74, 6) is -0.989. The Kier molecular flexibility index (Phi) is 9.12. The Morgan fingerprint density at radius 2 is 1.80 bits per heavy atom. The molecule has 1 fully saturated rings. The number of thiophene rings is 1. The second-order valence-corrected chi connectivity index (χ2v) is 13.2. The van der Waals surface area contributed by atoms with E-state index in [2.05, 4.69) is 15.3 Å². The number of rotatable bonds is 11. The number of carbonyl (C=O) groups excluding carboxylic acids is 3. The van der Waals surface area contributed by atoms with Gasteiger partial charge in [0.1, 0.15) is 21.5 Å². The molecule has 4 heterocycles. The van der Waals surface area contributed by atoms with Crippen LogP contribution in [0.5, 0.6) is 0 Å². The van der Waals surface area contributed by atoms with Crippen molar-refractivity contribution < 1.29 is 23.9 Å². The highest BCUT2D eigenvalue weighted by atomic mass is 32.2. The minimum absolute atomic E-state index is 0.108. The number of nitrogens with one attached hydrogen (secondary N) is 1. The number of benzene rings is 2. The van der Waals surface area contributed by atoms with Crippen molar-refractivity contribution >= 4 is 52.6 Å². The van der Waals surface area contributed by atoms with E-state index in [1.165, 1.54) is 46.9 Å². The SMILES string of the molecule is COC(Sc1cnccn1)[C@@]1(NC(=O)Cc2cccs2)C(=O)N2C(C(=O)OC(c3ccccc3)c3ccccc3)=CCS[C@H]21. The number of methoxy groups -OCH3 is 1. The maximum Gasteiger partial charge on any atom is 0.355 e. The predicted octanol–water partition coefficient (Wildman–Crippen LogP) is 4.83. The molecule has 12 heteroatoms. The third-order valence-electron chi connectivity index (χ3n) is 7.24. The number of hydrogen-bond donors (Lipinski definition) is 1. The summed E-state index contributed by atoms with van der Waals surface area (Å²) < 4.78 is 12.0. The van der Waals surface area contributed by atoms with Gasteiger partial charge in [0.2, 0.25) is 5.91 Å². The second kappa shape index (κ2) is 13.3. The summed E-state index contributed by atoms with van der Waals surface area (Å²) >= 11 is 4.09. The minimum atomic E-state index is -1.48. The molecule has 44 heavy (non-hydrogen) atoms. The zero-order chi connectivity index (χ0) is 30.5. The number of β-lactam (4-membered cyclic amide) rings is 1. The van der Waals surface area contributed by atoms with Crippen LogP contribution in [-0.2, 0) is 30.3 Å². The molecule has 0 spiro atoms. The van der Waals surface area contributed by atoms with Crippen molar-refractivity contribution in [1.29, 1.82) is 0 Å². The number of amides is 2. The lowest BCUT2D eigenvalue weighted by atomic mass is 9.86. The molecule has 2 aliphatic heterocycles. The number of nitrogens with zero attached hydrogens (tertiary/aromatic N) is 3. The molecule has 0 saturated carbocycles. The van der Waals surface area contributed by atoms with Crippen molar-refractivity contribution in [3.05, 3.63) is 125 Å². The van der Waals surface area contributed by atoms with Crippen molar-refractivity contribution in [2.45, 2.75) is 33.9 Å². The minimum Gasteiger partial charge on any atom is -0.448 e. The van der Waals surface area contributed by atoms with E-state index in [0.717, 1.165) is 16.0 Å². The van der Waals surface area contributed by atoms with Gasteiger partial charge in [0.25, 0.3) is 5.91 Å². The summed E-state index contributed by atoms with van der Waals surface area (Å²) in [6, 6.07) is 22.7. The number of aromatic nitrogens is 2. The largest absolute Gasteiger partial charge is 0.448 e. The summed E-state index contributed by atoms with van der Waals surface area (Å²) in [5, 5.41) is 4.82. The average Bonchev–Trinajstić information content (AvgIpc) is 3.58. The van der Waals surface area contributed by atoms with Crippen molar-refractivity contribution in [3.63, 3.8) is 0 Å². The van der Waals surface area contributed by atoms with Crippen LogP contribution in [-0.4, -0.2) is 61.9 Å². The standard InChI is InChI=1S/C32H28N4O5S3/c1-40-31(44-26-20-33-15-16-34-26)32(35-25(37)19-23-13-8-17-42-23)29(39)36-24(14-18-43-30(32)36)28(38)41-27(21-9-4-2-5-10-21)22-11-6-3-7-12-22/h2-17,20,27,30-31H,18-19H2,1H3,(H,35,37)/t30-,31?,32+/m0/s1. The molecule has 4 aromatic rings. The fraction of sp³-hybridized carbons (Fsp3) is 0.219. The summed E-state index contributed by atoms with van der Waals surface area (Å²) in [7, 11) is 1.49. The van der Waals surface area contributed by atoms with Gasteiger partial charge in [-0.3, -0.25) is 19.5 Å². The van der Waals surface area contributed by atoms with E-state index in [4.69, 9.17) is 9.47 Å². The molecule has 2 aromatic heterocycles. The van der Waals surface area contributed by atoms with Crippen LogP contribution in [0, 0.1) is 0 Å². The Hall–Kier alpha value is -3.97. The molecule has 2 amide bonds. The van der Waals surface area contributed by atoms with Crippen molar-refractivity contribution in [2.24, 2.45) is 0 Å². The molecule has 2 aromatic carbocycles. The lowest BCUT2D eigenvalue weighted by molar-refractivity contribution is -0.166. The van der Waals surface area contributed by atoms with E-state index < -0.39 is 34.3 Å². The Morgan fingerprint density at radius 3 is 2.41 bits per heavy atom. The fourth-order valence-corrected chi connectivity index (χ4v) is 8.43. The summed E-state index contributed by atoms with van der Waals surface area (Å²) in [6.07, 6.45) is 5.81. The van der Waals surface area contributed by atoms with E-state index in [0.29, 0.717) is 10.8 Å². The Morgan fingerprint density at radius 1 is 1.07 bits per heavy atom. The molecule has 9 nitrogen and oxygen atoms in total. The van der Waals surface area contributed by atoms with Crippen LogP contribution in [0.15, 0.2) is 114 Å². The van der Waals surface area contributed by atoms with Gasteiger partial charge in [0.15, 0.2) is 11.6 Å². The molecule has 224 valence electrons. The second-order valence-electron chi connectivity index (χ2n) is 9.96. The van der Waals surface area contributed by atoms with Gasteiger partial charge >= 0.3 is 5.97 Å². The Labute approximate surface area is 267 Å². The third-order valence-corrected chi connectivity index (χ3v) is 10.6. The number of fused-ring (bicyclic) bond motifs is 1. The van der Waals surface area contributed by atoms with Crippen LogP contribution in [0.3, 0.4) is 0 Å². The molecule has 1 saturated heterocycles. The van der Waals surface area contributed by atoms with Crippen LogP contribution in [0.2, 0.25) is 0 Å². The molecule has 0 bridgehead atoms. The van der Waals surface area contributed by atoms with E-state index >= 15 is 0 Å². The normalized spacial score (nSPS) is 19.9. The number of ether oxygens (including phenoxy) is 2. The monoisotopic (exact) mass is 644 g/mol. The van der Waals surface area contributed by atoms with Gasteiger partial charge in [-0.15, -0.1) is 23.1 Å². The lowest BCUT2D eigenvalue weighted by Gasteiger charge is -2.58. The van der Waals surface area contributed by atoms with Crippen LogP contribution in [0.25, 0.3) is 0 Å². The maximum atomic E-state index is 14.3. The predicted molar refractivity (Wildman–Crippen MR) is 170 cm³/mol. The van der Waals surface area contributed by atoms with Gasteiger partial charge < -0.3 is 14.8 Å². The zero-order valence-corrected chi connectivity index (χ0v) is 26.0. The molecular formula is C32H28N4O5S3. The topological polar surface area (TPSA) is 111 Å². The smallest absolute Gasteiger partial charge is 0.355 e. The molecule has 0 radical (unpaired) electrons. The van der Waals surface area contributed by atoms with Crippen LogP contribution >= 0.6 is 34.9 Å². The van der Waals surface area contributed by atoms with Gasteiger partial charge in [0, 0.05) is 30.1 Å². The molecular weight excluding hydrogens is 617 g/mol. The van der Waals surface area contributed by atoms with E-state index in [-0.39, 0.29) is 18.0 Å². The lowest BCUT2D eigenvalue weighted by Crippen LogP contribution is -2.83. The summed E-state index contributed by atoms with van der Waals surface area (Å²) in [4.78, 5) is 52.3. The number of thioether (sulfide) groups is 2. The quantitative estimate of drug-likeness (QED) is 0.106. The maximum absolute atomic E-state index is 14.3. The first-order chi connectivity index (χ1) is 21.5. The highest BCUT2D eigenvalue weighted by Gasteiger charge is 2.69. The molecule has 1 N–H and O–H groups in total. The Bertz CT molecular complexity index is 1600. The van der Waals surface area contributed by atoms with Crippen molar-refractivity contribution in [1.82, 2.24) is 20.2 Å². The summed E-state index contributed by atoms with van der Waals surface area (Å²) in [6.45, 7) is 0. The molecule has 6 rings (SSSR count). The summed E-state index contributed by atoms with van der Waals surface area (Å²) in [5.41, 5.74) is -0.588.